The molecule has 1 rings (SSSR count). The molecule has 10 nitrogen and oxygen atoms in total. The zero-order chi connectivity index (χ0) is 22.0. The summed E-state index contributed by atoms with van der Waals surface area (Å²) in [6.07, 6.45) is -0.494. The van der Waals surface area contributed by atoms with E-state index in [-0.39, 0.29) is 24.5 Å². The van der Waals surface area contributed by atoms with Crippen LogP contribution in [-0.2, 0) is 28.7 Å². The highest BCUT2D eigenvalue weighted by molar-refractivity contribution is 5.99. The normalized spacial score (nSPS) is 12.2. The van der Waals surface area contributed by atoms with Gasteiger partial charge in [0.25, 0.3) is 5.91 Å². The van der Waals surface area contributed by atoms with Gasteiger partial charge in [0.15, 0.2) is 0 Å². The van der Waals surface area contributed by atoms with Crippen LogP contribution in [-0.4, -0.2) is 49.0 Å². The van der Waals surface area contributed by atoms with Crippen molar-refractivity contribution in [3.63, 3.8) is 0 Å². The van der Waals surface area contributed by atoms with Gasteiger partial charge in [0.05, 0.1) is 25.6 Å². The van der Waals surface area contributed by atoms with E-state index in [1.54, 1.807) is 13.8 Å². The van der Waals surface area contributed by atoms with E-state index in [2.05, 4.69) is 5.32 Å². The molecular formula is C19H24N2O8. The van der Waals surface area contributed by atoms with E-state index in [4.69, 9.17) is 19.9 Å². The van der Waals surface area contributed by atoms with E-state index < -0.39 is 48.1 Å². The summed E-state index contributed by atoms with van der Waals surface area (Å²) < 4.78 is 14.6. The third-order valence-corrected chi connectivity index (χ3v) is 3.65. The average Bonchev–Trinajstić information content (AvgIpc) is 2.64. The van der Waals surface area contributed by atoms with Gasteiger partial charge in [-0.25, -0.2) is 0 Å². The summed E-state index contributed by atoms with van der Waals surface area (Å²) in [6.45, 7) is 4.47. The maximum Gasteiger partial charge on any atom is 0.312 e. The van der Waals surface area contributed by atoms with Gasteiger partial charge in [-0.3, -0.25) is 24.0 Å². The lowest BCUT2D eigenvalue weighted by Gasteiger charge is -2.23. The molecule has 2 amide bonds. The first-order chi connectivity index (χ1) is 13.7. The average molecular weight is 408 g/mol. The number of carbonyl (C=O) groups excluding carboxylic acids is 5. The third-order valence-electron chi connectivity index (χ3n) is 3.65. The standard InChI is InChI=1S/C19H24N2O8/c1-4-27-15(23)10-14(19(26)28-5-2)16(17(20)24)21-18(25)12-6-8-13(9-7-12)29-11(3)22/h6-9,14,16H,4-5,10H2,1-3H3,(H2,20,24)(H,21,25)/t14-,16-/m0/s1. The predicted octanol–water partition coefficient (Wildman–Crippen LogP) is 0.328. The number of hydrogen-bond donors (Lipinski definition) is 2. The molecular weight excluding hydrogens is 384 g/mol. The van der Waals surface area contributed by atoms with Crippen molar-refractivity contribution < 1.29 is 38.2 Å². The first kappa shape index (κ1) is 23.6. The summed E-state index contributed by atoms with van der Waals surface area (Å²) in [5.41, 5.74) is 5.47. The van der Waals surface area contributed by atoms with Gasteiger partial charge in [-0.15, -0.1) is 0 Å². The van der Waals surface area contributed by atoms with Crippen LogP contribution in [0.15, 0.2) is 24.3 Å². The van der Waals surface area contributed by atoms with Crippen LogP contribution in [0, 0.1) is 5.92 Å². The Bertz CT molecular complexity index is 760. The van der Waals surface area contributed by atoms with Crippen LogP contribution in [0.4, 0.5) is 0 Å². The molecule has 1 aromatic rings. The van der Waals surface area contributed by atoms with Crippen LogP contribution >= 0.6 is 0 Å². The Morgan fingerprint density at radius 1 is 1.00 bits per heavy atom. The number of carbonyl (C=O) groups is 5. The molecule has 0 aliphatic heterocycles. The third kappa shape index (κ3) is 7.60. The minimum atomic E-state index is -1.50. The molecule has 10 heteroatoms. The van der Waals surface area contributed by atoms with E-state index in [1.165, 1.54) is 31.2 Å². The number of nitrogens with two attached hydrogens (primary N) is 1. The Labute approximate surface area is 167 Å². The predicted molar refractivity (Wildman–Crippen MR) is 99.6 cm³/mol. The number of amides is 2. The number of esters is 3. The zero-order valence-electron chi connectivity index (χ0n) is 16.4. The SMILES string of the molecule is CCOC(=O)C[C@H](C(=O)OCC)[C@H](NC(=O)c1ccc(OC(C)=O)cc1)C(N)=O. The number of benzene rings is 1. The van der Waals surface area contributed by atoms with E-state index in [9.17, 15) is 24.0 Å². The summed E-state index contributed by atoms with van der Waals surface area (Å²) in [6, 6.07) is 3.99. The summed E-state index contributed by atoms with van der Waals surface area (Å²) in [7, 11) is 0. The van der Waals surface area contributed by atoms with Crippen molar-refractivity contribution in [1.29, 1.82) is 0 Å². The molecule has 0 fully saturated rings. The number of primary amides is 1. The van der Waals surface area contributed by atoms with Crippen LogP contribution in [0.5, 0.6) is 5.75 Å². The summed E-state index contributed by atoms with van der Waals surface area (Å²) in [5.74, 6) is -4.99. The Hall–Kier alpha value is -3.43. The summed E-state index contributed by atoms with van der Waals surface area (Å²) in [5, 5.41) is 2.35. The molecule has 0 radical (unpaired) electrons. The lowest BCUT2D eigenvalue weighted by molar-refractivity contribution is -0.156. The second kappa shape index (κ2) is 11.4. The first-order valence-electron chi connectivity index (χ1n) is 8.90. The highest BCUT2D eigenvalue weighted by atomic mass is 16.5. The van der Waals surface area contributed by atoms with Crippen LogP contribution in [0.1, 0.15) is 37.6 Å². The van der Waals surface area contributed by atoms with Crippen molar-refractivity contribution in [3.8, 4) is 5.75 Å². The van der Waals surface area contributed by atoms with Crippen LogP contribution < -0.4 is 15.8 Å². The van der Waals surface area contributed by atoms with E-state index in [0.717, 1.165) is 0 Å². The fourth-order valence-electron chi connectivity index (χ4n) is 2.42. The smallest absolute Gasteiger partial charge is 0.312 e. The molecule has 2 atom stereocenters. The maximum atomic E-state index is 12.5. The van der Waals surface area contributed by atoms with Gasteiger partial charge in [-0.05, 0) is 38.1 Å². The fourth-order valence-corrected chi connectivity index (χ4v) is 2.42. The van der Waals surface area contributed by atoms with Gasteiger partial charge in [0, 0.05) is 12.5 Å². The van der Waals surface area contributed by atoms with Gasteiger partial charge in [0.2, 0.25) is 5.91 Å². The van der Waals surface area contributed by atoms with E-state index >= 15 is 0 Å². The minimum Gasteiger partial charge on any atom is -0.466 e. The second-order valence-electron chi connectivity index (χ2n) is 5.84. The molecule has 0 unspecified atom stereocenters. The topological polar surface area (TPSA) is 151 Å². The number of hydrogen-bond acceptors (Lipinski definition) is 8. The monoisotopic (exact) mass is 408 g/mol. The molecule has 1 aromatic carbocycles. The van der Waals surface area contributed by atoms with E-state index in [0.29, 0.717) is 0 Å². The van der Waals surface area contributed by atoms with Gasteiger partial charge in [0.1, 0.15) is 11.8 Å². The van der Waals surface area contributed by atoms with Crippen molar-refractivity contribution in [3.05, 3.63) is 29.8 Å². The van der Waals surface area contributed by atoms with Crippen molar-refractivity contribution in [1.82, 2.24) is 5.32 Å². The first-order valence-corrected chi connectivity index (χ1v) is 8.90. The maximum absolute atomic E-state index is 12.5. The molecule has 0 saturated heterocycles. The highest BCUT2D eigenvalue weighted by Crippen LogP contribution is 2.16. The van der Waals surface area contributed by atoms with Crippen LogP contribution in [0.3, 0.4) is 0 Å². The molecule has 0 aliphatic carbocycles. The van der Waals surface area contributed by atoms with Crippen molar-refractivity contribution >= 4 is 29.7 Å². The van der Waals surface area contributed by atoms with Crippen LogP contribution in [0.2, 0.25) is 0 Å². The van der Waals surface area contributed by atoms with Crippen molar-refractivity contribution in [2.24, 2.45) is 11.7 Å². The molecule has 0 aromatic heterocycles. The molecule has 0 heterocycles. The Morgan fingerprint density at radius 3 is 2.07 bits per heavy atom. The molecule has 0 saturated carbocycles. The fraction of sp³-hybridized carbons (Fsp3) is 0.421. The van der Waals surface area contributed by atoms with Crippen LogP contribution in [0.25, 0.3) is 0 Å². The Kier molecular flexibility index (Phi) is 9.30. The van der Waals surface area contributed by atoms with E-state index in [1.807, 2.05) is 0 Å². The number of ether oxygens (including phenoxy) is 3. The summed E-state index contributed by atoms with van der Waals surface area (Å²) in [4.78, 5) is 59.5. The molecule has 158 valence electrons. The Morgan fingerprint density at radius 2 is 1.59 bits per heavy atom. The molecule has 29 heavy (non-hydrogen) atoms. The lowest BCUT2D eigenvalue weighted by Crippen LogP contribution is -2.52. The van der Waals surface area contributed by atoms with Gasteiger partial charge < -0.3 is 25.3 Å². The molecule has 3 N–H and O–H groups in total. The molecule has 0 bridgehead atoms. The van der Waals surface area contributed by atoms with Crippen molar-refractivity contribution in [2.75, 3.05) is 13.2 Å². The minimum absolute atomic E-state index is 0.00912. The number of nitrogens with one attached hydrogen (secondary N) is 1. The highest BCUT2D eigenvalue weighted by Gasteiger charge is 2.37. The largest absolute Gasteiger partial charge is 0.466 e. The van der Waals surface area contributed by atoms with Crippen molar-refractivity contribution in [2.45, 2.75) is 33.2 Å². The molecule has 0 spiro atoms. The second-order valence-corrected chi connectivity index (χ2v) is 5.84. The lowest BCUT2D eigenvalue weighted by atomic mass is 9.95. The quantitative estimate of drug-likeness (QED) is 0.415. The zero-order valence-corrected chi connectivity index (χ0v) is 16.4. The van der Waals surface area contributed by atoms with Gasteiger partial charge in [-0.2, -0.15) is 0 Å². The number of rotatable bonds is 10. The Balaban J connectivity index is 3.03. The van der Waals surface area contributed by atoms with Gasteiger partial charge in [-0.1, -0.05) is 0 Å². The molecule has 0 aliphatic rings. The van der Waals surface area contributed by atoms with Gasteiger partial charge >= 0.3 is 17.9 Å². The summed E-state index contributed by atoms with van der Waals surface area (Å²) >= 11 is 0.